The molecule has 0 bridgehead atoms. The highest BCUT2D eigenvalue weighted by Gasteiger charge is 2.22. The summed E-state index contributed by atoms with van der Waals surface area (Å²) in [5.41, 5.74) is 3.79. The molecule has 0 spiro atoms. The van der Waals surface area contributed by atoms with E-state index in [1.54, 1.807) is 6.07 Å². The van der Waals surface area contributed by atoms with Crippen molar-refractivity contribution in [1.82, 2.24) is 4.90 Å². The van der Waals surface area contributed by atoms with Crippen molar-refractivity contribution in [2.24, 2.45) is 0 Å². The largest absolute Gasteiger partial charge is 0.478 e. The molecule has 0 N–H and O–H groups in total. The molecule has 0 saturated carbocycles. The molecule has 0 atom stereocenters. The maximum absolute atomic E-state index is 12.1. The number of aryl methyl sites for hydroxylation is 1. The third kappa shape index (κ3) is 3.91. The predicted molar refractivity (Wildman–Crippen MR) is 107 cm³/mol. The van der Waals surface area contributed by atoms with E-state index in [-0.39, 0.29) is 5.63 Å². The van der Waals surface area contributed by atoms with Crippen LogP contribution in [0.5, 0.6) is 5.75 Å². The first kappa shape index (κ1) is 17.8. The summed E-state index contributed by atoms with van der Waals surface area (Å²) >= 11 is 0. The zero-order valence-electron chi connectivity index (χ0n) is 15.7. The molecular weight excluding hydrogens is 338 g/mol. The number of rotatable bonds is 6. The third-order valence-corrected chi connectivity index (χ3v) is 5.20. The number of nitrogens with zero attached hydrogens (tertiary/aromatic N) is 1. The Morgan fingerprint density at radius 3 is 2.74 bits per heavy atom. The minimum atomic E-state index is -0.275. The van der Waals surface area contributed by atoms with Gasteiger partial charge in [0.1, 0.15) is 18.1 Å². The number of benzene rings is 2. The van der Waals surface area contributed by atoms with Gasteiger partial charge in [0.15, 0.2) is 0 Å². The van der Waals surface area contributed by atoms with Crippen molar-refractivity contribution in [2.45, 2.75) is 39.2 Å². The third-order valence-electron chi connectivity index (χ3n) is 5.20. The summed E-state index contributed by atoms with van der Waals surface area (Å²) in [7, 11) is 0. The van der Waals surface area contributed by atoms with Crippen LogP contribution in [0.3, 0.4) is 0 Å². The van der Waals surface area contributed by atoms with Crippen molar-refractivity contribution < 1.29 is 9.15 Å². The van der Waals surface area contributed by atoms with Crippen LogP contribution in [-0.2, 0) is 19.4 Å². The van der Waals surface area contributed by atoms with Gasteiger partial charge in [-0.05, 0) is 42.5 Å². The van der Waals surface area contributed by atoms with Crippen molar-refractivity contribution in [3.63, 3.8) is 0 Å². The van der Waals surface area contributed by atoms with E-state index in [0.29, 0.717) is 12.3 Å². The van der Waals surface area contributed by atoms with Crippen molar-refractivity contribution >= 4 is 11.0 Å². The fourth-order valence-electron chi connectivity index (χ4n) is 3.69. The summed E-state index contributed by atoms with van der Waals surface area (Å²) in [5, 5.41) is 1.04. The number of hydrogen-bond donors (Lipinski definition) is 0. The second kappa shape index (κ2) is 7.97. The second-order valence-corrected chi connectivity index (χ2v) is 7.17. The average Bonchev–Trinajstić information content (AvgIpc) is 2.71. The van der Waals surface area contributed by atoms with Crippen LogP contribution >= 0.6 is 0 Å². The number of fused-ring (bicyclic) bond motifs is 3. The maximum atomic E-state index is 12.1. The van der Waals surface area contributed by atoms with Crippen molar-refractivity contribution in [3.05, 3.63) is 75.6 Å². The molecule has 0 unspecified atom stereocenters. The van der Waals surface area contributed by atoms with Gasteiger partial charge in [-0.1, -0.05) is 43.7 Å². The van der Waals surface area contributed by atoms with Gasteiger partial charge in [0, 0.05) is 24.5 Å². The molecule has 3 aromatic rings. The molecule has 1 aliphatic rings. The molecule has 0 amide bonds. The molecule has 27 heavy (non-hydrogen) atoms. The van der Waals surface area contributed by atoms with Crippen molar-refractivity contribution in [1.29, 1.82) is 0 Å². The first-order valence-electron chi connectivity index (χ1n) is 9.72. The SMILES string of the molecule is CCCCc1cc(=O)oc2c3c(ccc12)OCN(CCc1ccccc1)C3. The molecule has 2 aromatic carbocycles. The first-order valence-corrected chi connectivity index (χ1v) is 9.72. The van der Waals surface area contributed by atoms with E-state index in [4.69, 9.17) is 9.15 Å². The molecule has 4 nitrogen and oxygen atoms in total. The van der Waals surface area contributed by atoms with Gasteiger partial charge in [0.2, 0.25) is 0 Å². The molecule has 0 saturated heterocycles. The van der Waals surface area contributed by atoms with Crippen LogP contribution in [0.4, 0.5) is 0 Å². The Morgan fingerprint density at radius 1 is 1.07 bits per heavy atom. The zero-order valence-corrected chi connectivity index (χ0v) is 15.7. The van der Waals surface area contributed by atoms with Gasteiger partial charge < -0.3 is 9.15 Å². The van der Waals surface area contributed by atoms with E-state index in [1.807, 2.05) is 18.2 Å². The first-order chi connectivity index (χ1) is 13.2. The highest BCUT2D eigenvalue weighted by Crippen LogP contribution is 2.33. The number of unbranched alkanes of at least 4 members (excludes halogenated alkanes) is 1. The molecule has 140 valence electrons. The van der Waals surface area contributed by atoms with Crippen LogP contribution in [0.25, 0.3) is 11.0 Å². The molecule has 4 rings (SSSR count). The average molecular weight is 363 g/mol. The molecule has 0 radical (unpaired) electrons. The summed E-state index contributed by atoms with van der Waals surface area (Å²) in [4.78, 5) is 14.4. The summed E-state index contributed by atoms with van der Waals surface area (Å²) < 4.78 is 11.6. The lowest BCUT2D eigenvalue weighted by molar-refractivity contribution is 0.0968. The quantitative estimate of drug-likeness (QED) is 0.604. The Bertz CT molecular complexity index is 978. The van der Waals surface area contributed by atoms with Gasteiger partial charge in [-0.15, -0.1) is 0 Å². The van der Waals surface area contributed by atoms with Gasteiger partial charge in [-0.3, -0.25) is 4.90 Å². The van der Waals surface area contributed by atoms with E-state index in [0.717, 1.165) is 61.0 Å². The fraction of sp³-hybridized carbons (Fsp3) is 0.348. The van der Waals surface area contributed by atoms with Crippen LogP contribution in [0, 0.1) is 0 Å². The summed E-state index contributed by atoms with van der Waals surface area (Å²) in [6.45, 7) is 4.36. The predicted octanol–water partition coefficient (Wildman–Crippen LogP) is 4.53. The van der Waals surface area contributed by atoms with Crippen LogP contribution in [0.2, 0.25) is 0 Å². The van der Waals surface area contributed by atoms with Crippen LogP contribution in [-0.4, -0.2) is 18.2 Å². The fourth-order valence-corrected chi connectivity index (χ4v) is 3.69. The summed E-state index contributed by atoms with van der Waals surface area (Å²) in [5.74, 6) is 0.828. The van der Waals surface area contributed by atoms with E-state index >= 15 is 0 Å². The lowest BCUT2D eigenvalue weighted by Crippen LogP contribution is -2.33. The topological polar surface area (TPSA) is 42.7 Å². The number of hydrogen-bond acceptors (Lipinski definition) is 4. The van der Waals surface area contributed by atoms with Crippen LogP contribution < -0.4 is 10.4 Å². The van der Waals surface area contributed by atoms with Gasteiger partial charge in [-0.2, -0.15) is 0 Å². The minimum absolute atomic E-state index is 0.275. The van der Waals surface area contributed by atoms with Gasteiger partial charge in [-0.25, -0.2) is 4.79 Å². The molecule has 1 aliphatic heterocycles. The number of ether oxygens (including phenoxy) is 1. The molecule has 4 heteroatoms. The standard InChI is InChI=1S/C23H25NO3/c1-2-3-9-18-14-22(25)27-23-19(18)10-11-21-20(23)15-24(16-26-21)13-12-17-7-5-4-6-8-17/h4-8,10-11,14H,2-3,9,12-13,15-16H2,1H3. The summed E-state index contributed by atoms with van der Waals surface area (Å²) in [6, 6.07) is 16.1. The lowest BCUT2D eigenvalue weighted by atomic mass is 10.0. The Kier molecular flexibility index (Phi) is 5.26. The summed E-state index contributed by atoms with van der Waals surface area (Å²) in [6.07, 6.45) is 4.03. The molecule has 0 aliphatic carbocycles. The van der Waals surface area contributed by atoms with E-state index in [9.17, 15) is 4.79 Å². The smallest absolute Gasteiger partial charge is 0.336 e. The molecular formula is C23H25NO3. The van der Waals surface area contributed by atoms with Gasteiger partial charge in [0.05, 0.1) is 5.56 Å². The van der Waals surface area contributed by atoms with E-state index < -0.39 is 0 Å². The maximum Gasteiger partial charge on any atom is 0.336 e. The lowest BCUT2D eigenvalue weighted by Gasteiger charge is -2.29. The molecule has 0 fully saturated rings. The van der Waals surface area contributed by atoms with E-state index in [2.05, 4.69) is 36.1 Å². The Balaban J connectivity index is 1.61. The highest BCUT2D eigenvalue weighted by molar-refractivity contribution is 5.85. The van der Waals surface area contributed by atoms with Crippen LogP contribution in [0.1, 0.15) is 36.5 Å². The molecule has 2 heterocycles. The Hall–Kier alpha value is -2.59. The van der Waals surface area contributed by atoms with E-state index in [1.165, 1.54) is 5.56 Å². The van der Waals surface area contributed by atoms with Crippen molar-refractivity contribution in [3.8, 4) is 5.75 Å². The Morgan fingerprint density at radius 2 is 1.93 bits per heavy atom. The second-order valence-electron chi connectivity index (χ2n) is 7.17. The zero-order chi connectivity index (χ0) is 18.6. The normalized spacial score (nSPS) is 14.1. The monoisotopic (exact) mass is 363 g/mol. The van der Waals surface area contributed by atoms with Crippen LogP contribution in [0.15, 0.2) is 57.7 Å². The molecule has 1 aromatic heterocycles. The van der Waals surface area contributed by atoms with Crippen molar-refractivity contribution in [2.75, 3.05) is 13.3 Å². The van der Waals surface area contributed by atoms with Gasteiger partial charge in [0.25, 0.3) is 0 Å². The Labute approximate surface area is 159 Å². The highest BCUT2D eigenvalue weighted by atomic mass is 16.5. The van der Waals surface area contributed by atoms with Gasteiger partial charge >= 0.3 is 5.63 Å². The minimum Gasteiger partial charge on any atom is -0.478 e.